The number of hydrogen-bond donors (Lipinski definition) is 0. The van der Waals surface area contributed by atoms with Crippen molar-refractivity contribution in [2.75, 3.05) is 12.5 Å². The van der Waals surface area contributed by atoms with Crippen molar-refractivity contribution >= 4 is 11.6 Å². The Bertz CT molecular complexity index is 614. The second-order valence-corrected chi connectivity index (χ2v) is 4.60. The lowest BCUT2D eigenvalue weighted by Crippen LogP contribution is -2.02. The van der Waals surface area contributed by atoms with E-state index in [-0.39, 0.29) is 0 Å². The lowest BCUT2D eigenvalue weighted by molar-refractivity contribution is 0.320. The molecule has 0 spiro atoms. The van der Waals surface area contributed by atoms with Gasteiger partial charge in [0.2, 0.25) is 0 Å². The minimum atomic E-state index is 0.349. The molecule has 2 aromatic rings. The van der Waals surface area contributed by atoms with Gasteiger partial charge in [-0.3, -0.25) is 4.98 Å². The number of aryl methyl sites for hydroxylation is 1. The minimum Gasteiger partial charge on any atom is -0.493 e. The molecule has 20 heavy (non-hydrogen) atoms. The predicted molar refractivity (Wildman–Crippen MR) is 82.2 cm³/mol. The Morgan fingerprint density at radius 3 is 2.85 bits per heavy atom. The van der Waals surface area contributed by atoms with Crippen molar-refractivity contribution in [1.82, 2.24) is 4.98 Å². The number of aromatic nitrogens is 1. The fourth-order valence-electron chi connectivity index (χ4n) is 1.81. The molecule has 1 aromatic heterocycles. The molecule has 2 nitrogen and oxygen atoms in total. The summed E-state index contributed by atoms with van der Waals surface area (Å²) in [6.45, 7) is 2.63. The van der Waals surface area contributed by atoms with E-state index in [1.54, 1.807) is 6.20 Å². The van der Waals surface area contributed by atoms with Crippen LogP contribution >= 0.6 is 11.6 Å². The lowest BCUT2D eigenvalue weighted by Gasteiger charge is -2.07. The van der Waals surface area contributed by atoms with Crippen LogP contribution in [0.5, 0.6) is 5.75 Å². The van der Waals surface area contributed by atoms with Crippen LogP contribution in [0.2, 0.25) is 0 Å². The number of benzene rings is 1. The Kier molecular flexibility index (Phi) is 5.46. The number of pyridine rings is 1. The van der Waals surface area contributed by atoms with Gasteiger partial charge in [0.15, 0.2) is 0 Å². The maximum atomic E-state index is 5.74. The van der Waals surface area contributed by atoms with E-state index in [0.717, 1.165) is 29.0 Å². The Balaban J connectivity index is 1.92. The molecule has 0 amide bonds. The quantitative estimate of drug-likeness (QED) is 0.632. The van der Waals surface area contributed by atoms with Gasteiger partial charge in [-0.05, 0) is 42.8 Å². The fourth-order valence-corrected chi connectivity index (χ4v) is 1.88. The van der Waals surface area contributed by atoms with Crippen LogP contribution in [-0.4, -0.2) is 17.5 Å². The first kappa shape index (κ1) is 14.4. The molecule has 0 saturated carbocycles. The highest BCUT2D eigenvalue weighted by atomic mass is 35.5. The topological polar surface area (TPSA) is 22.1 Å². The Morgan fingerprint density at radius 2 is 2.15 bits per heavy atom. The summed E-state index contributed by atoms with van der Waals surface area (Å²) in [5.74, 6) is 7.09. The average molecular weight is 286 g/mol. The smallest absolute Gasteiger partial charge is 0.119 e. The average Bonchev–Trinajstić information content (AvgIpc) is 2.47. The summed E-state index contributed by atoms with van der Waals surface area (Å²) in [6, 6.07) is 11.8. The zero-order valence-corrected chi connectivity index (χ0v) is 12.2. The van der Waals surface area contributed by atoms with Crippen molar-refractivity contribution in [2.45, 2.75) is 13.3 Å². The predicted octanol–water partition coefficient (Wildman–Crippen LogP) is 3.60. The van der Waals surface area contributed by atoms with Crippen molar-refractivity contribution in [1.29, 1.82) is 0 Å². The van der Waals surface area contributed by atoms with Gasteiger partial charge in [0.25, 0.3) is 0 Å². The summed E-state index contributed by atoms with van der Waals surface area (Å²) in [5, 5.41) is 0. The molecule has 0 radical (unpaired) electrons. The van der Waals surface area contributed by atoms with Crippen LogP contribution < -0.4 is 4.74 Å². The molecular formula is C17H16ClNO. The van der Waals surface area contributed by atoms with Gasteiger partial charge in [0, 0.05) is 23.9 Å². The van der Waals surface area contributed by atoms with Crippen molar-refractivity contribution in [3.8, 4) is 17.6 Å². The largest absolute Gasteiger partial charge is 0.493 e. The van der Waals surface area contributed by atoms with E-state index >= 15 is 0 Å². The molecule has 1 aromatic carbocycles. The zero-order valence-electron chi connectivity index (χ0n) is 11.4. The molecule has 0 unspecified atom stereocenters. The standard InChI is InChI=1S/C17H16ClNO/c1-14-13-17(8-7-15(14)5-4-10-18)20-12-9-16-6-2-3-11-19-16/h2-3,6-8,11,13H,9-10,12H2,1H3. The summed E-state index contributed by atoms with van der Waals surface area (Å²) in [7, 11) is 0. The molecule has 0 fully saturated rings. The van der Waals surface area contributed by atoms with Gasteiger partial charge in [-0.25, -0.2) is 0 Å². The summed E-state index contributed by atoms with van der Waals surface area (Å²) in [6.07, 6.45) is 2.59. The Hall–Kier alpha value is -1.98. The second-order valence-electron chi connectivity index (χ2n) is 4.33. The molecule has 0 atom stereocenters. The number of nitrogens with zero attached hydrogens (tertiary/aromatic N) is 1. The molecular weight excluding hydrogens is 270 g/mol. The highest BCUT2D eigenvalue weighted by Gasteiger charge is 2.00. The van der Waals surface area contributed by atoms with Crippen molar-refractivity contribution < 1.29 is 4.74 Å². The highest BCUT2D eigenvalue weighted by Crippen LogP contribution is 2.16. The van der Waals surface area contributed by atoms with Gasteiger partial charge >= 0.3 is 0 Å². The molecule has 3 heteroatoms. The minimum absolute atomic E-state index is 0.349. The van der Waals surface area contributed by atoms with Gasteiger partial charge in [-0.1, -0.05) is 17.9 Å². The molecule has 0 N–H and O–H groups in total. The maximum absolute atomic E-state index is 5.74. The Labute approximate surface area is 124 Å². The molecule has 0 saturated heterocycles. The third-order valence-electron chi connectivity index (χ3n) is 2.84. The van der Waals surface area contributed by atoms with Crippen molar-refractivity contribution in [3.05, 3.63) is 59.4 Å². The van der Waals surface area contributed by atoms with E-state index in [1.165, 1.54) is 0 Å². The van der Waals surface area contributed by atoms with E-state index < -0.39 is 0 Å². The van der Waals surface area contributed by atoms with Gasteiger partial charge in [0.05, 0.1) is 12.5 Å². The summed E-state index contributed by atoms with van der Waals surface area (Å²) < 4.78 is 5.74. The van der Waals surface area contributed by atoms with Gasteiger partial charge in [0.1, 0.15) is 5.75 Å². The summed E-state index contributed by atoms with van der Waals surface area (Å²) >= 11 is 5.56. The third kappa shape index (κ3) is 4.29. The molecule has 0 aliphatic carbocycles. The number of halogens is 1. The van der Waals surface area contributed by atoms with Gasteiger partial charge < -0.3 is 4.74 Å². The third-order valence-corrected chi connectivity index (χ3v) is 2.97. The normalized spacial score (nSPS) is 9.70. The highest BCUT2D eigenvalue weighted by molar-refractivity contribution is 6.19. The lowest BCUT2D eigenvalue weighted by atomic mass is 10.1. The molecule has 0 bridgehead atoms. The van der Waals surface area contributed by atoms with Crippen molar-refractivity contribution in [2.24, 2.45) is 0 Å². The van der Waals surface area contributed by atoms with Gasteiger partial charge in [-0.2, -0.15) is 0 Å². The van der Waals surface area contributed by atoms with Crippen LogP contribution in [0, 0.1) is 18.8 Å². The summed E-state index contributed by atoms with van der Waals surface area (Å²) in [4.78, 5) is 4.26. The van der Waals surface area contributed by atoms with E-state index in [1.807, 2.05) is 43.3 Å². The first-order valence-electron chi connectivity index (χ1n) is 6.48. The number of ether oxygens (including phenoxy) is 1. The van der Waals surface area contributed by atoms with E-state index in [4.69, 9.17) is 16.3 Å². The van der Waals surface area contributed by atoms with E-state index in [9.17, 15) is 0 Å². The Morgan fingerprint density at radius 1 is 1.25 bits per heavy atom. The van der Waals surface area contributed by atoms with Crippen LogP contribution in [-0.2, 0) is 6.42 Å². The van der Waals surface area contributed by atoms with Crippen LogP contribution in [0.3, 0.4) is 0 Å². The molecule has 102 valence electrons. The number of hydrogen-bond acceptors (Lipinski definition) is 2. The molecule has 2 rings (SSSR count). The number of alkyl halides is 1. The van der Waals surface area contributed by atoms with Gasteiger partial charge in [-0.15, -0.1) is 11.6 Å². The summed E-state index contributed by atoms with van der Waals surface area (Å²) in [5.41, 5.74) is 3.12. The number of rotatable bonds is 4. The zero-order chi connectivity index (χ0) is 14.2. The first-order chi connectivity index (χ1) is 9.79. The van der Waals surface area contributed by atoms with E-state index in [2.05, 4.69) is 16.8 Å². The molecule has 0 aliphatic heterocycles. The molecule has 0 aliphatic rings. The second kappa shape index (κ2) is 7.57. The van der Waals surface area contributed by atoms with Crippen LogP contribution in [0.15, 0.2) is 42.6 Å². The maximum Gasteiger partial charge on any atom is 0.119 e. The van der Waals surface area contributed by atoms with Crippen LogP contribution in [0.25, 0.3) is 0 Å². The van der Waals surface area contributed by atoms with Crippen LogP contribution in [0.1, 0.15) is 16.8 Å². The van der Waals surface area contributed by atoms with Crippen LogP contribution in [0.4, 0.5) is 0 Å². The SMILES string of the molecule is Cc1cc(OCCc2ccccn2)ccc1C#CCCl. The fraction of sp³-hybridized carbons (Fsp3) is 0.235. The van der Waals surface area contributed by atoms with Crippen molar-refractivity contribution in [3.63, 3.8) is 0 Å². The van der Waals surface area contributed by atoms with E-state index in [0.29, 0.717) is 12.5 Å². The molecule has 1 heterocycles. The monoisotopic (exact) mass is 285 g/mol. The first-order valence-corrected chi connectivity index (χ1v) is 7.01.